The Kier molecular flexibility index (Phi) is 8.65. The molecule has 1 N–H and O–H groups in total. The van der Waals surface area contributed by atoms with E-state index in [0.29, 0.717) is 0 Å². The molecule has 0 atom stereocenters. The lowest BCUT2D eigenvalue weighted by molar-refractivity contribution is 0.632. The van der Waals surface area contributed by atoms with Crippen molar-refractivity contribution in [2.45, 2.75) is 45.4 Å². The molecule has 0 spiro atoms. The van der Waals surface area contributed by atoms with E-state index in [0.717, 1.165) is 41.3 Å². The van der Waals surface area contributed by atoms with Gasteiger partial charge >= 0.3 is 0 Å². The summed E-state index contributed by atoms with van der Waals surface area (Å²) in [5.74, 6) is 0. The molecule has 0 unspecified atom stereocenters. The molecule has 1 aromatic heterocycles. The number of rotatable bonds is 7. The van der Waals surface area contributed by atoms with Crippen LogP contribution in [0.2, 0.25) is 0 Å². The van der Waals surface area contributed by atoms with Crippen molar-refractivity contribution in [1.29, 1.82) is 0 Å². The van der Waals surface area contributed by atoms with E-state index in [2.05, 4.69) is 261 Å². The predicted molar refractivity (Wildman–Crippen MR) is 298 cm³/mol. The van der Waals surface area contributed by atoms with Crippen LogP contribution in [0.4, 0.5) is 45.5 Å². The minimum atomic E-state index is -0.249. The summed E-state index contributed by atoms with van der Waals surface area (Å²) >= 11 is 0. The van der Waals surface area contributed by atoms with Gasteiger partial charge in [0.15, 0.2) is 7.28 Å². The van der Waals surface area contributed by atoms with E-state index >= 15 is 0 Å². The highest BCUT2D eigenvalue weighted by Crippen LogP contribution is 2.57. The van der Waals surface area contributed by atoms with Crippen molar-refractivity contribution in [1.82, 2.24) is 4.57 Å². The lowest BCUT2D eigenvalue weighted by Crippen LogP contribution is -2.41. The molecule has 0 radical (unpaired) electrons. The SMILES string of the molecule is Cc1ccc(Nc2ccc(N(c3ccccc3)c3ccccc3)cc2-c2cc(N3c4ccccc4C(C)(C)c4ccccc43)c3c4cc5ccccc5c5c4n4c3c2Bc2cccc(c2-4)C5(C)C)cc1. The second-order valence-corrected chi connectivity index (χ2v) is 20.7. The quantitative estimate of drug-likeness (QED) is 0.161. The van der Waals surface area contributed by atoms with Gasteiger partial charge in [-0.3, -0.25) is 0 Å². The first-order valence-corrected chi connectivity index (χ1v) is 24.7. The Labute approximate surface area is 410 Å². The Balaban J connectivity index is 1.17. The standard InChI is InChI=1S/C65H51BN4/c1-40-31-33-42(34-32-40)67-54-36-35-45(68(43-20-8-6-9-21-43)44-22-10-7-11-23-44)38-47(54)48-39-57(69-55-29-16-14-25-50(55)64(2,3)51-26-15-17-30-56(51)69)58-49-37-41-19-12-13-24-46(41)59-61(49)70-62-52(65(59,4)5)27-18-28-53(62)66-60(48)63(58)70/h6-39,66-67H,1-5H3. The van der Waals surface area contributed by atoms with Crippen LogP contribution in [0.5, 0.6) is 0 Å². The summed E-state index contributed by atoms with van der Waals surface area (Å²) in [4.78, 5) is 5.00. The van der Waals surface area contributed by atoms with Crippen LogP contribution in [0, 0.1) is 6.92 Å². The maximum absolute atomic E-state index is 3.97. The number of para-hydroxylation sites is 5. The van der Waals surface area contributed by atoms with Crippen LogP contribution in [0.25, 0.3) is 49.4 Å². The highest BCUT2D eigenvalue weighted by Gasteiger charge is 2.43. The molecule has 0 saturated heterocycles. The summed E-state index contributed by atoms with van der Waals surface area (Å²) in [6.45, 7) is 11.8. The molecule has 0 bridgehead atoms. The van der Waals surface area contributed by atoms with Gasteiger partial charge < -0.3 is 19.7 Å². The Hall–Kier alpha value is -8.28. The summed E-state index contributed by atoms with van der Waals surface area (Å²) in [5, 5.41) is 9.16. The Morgan fingerprint density at radius 3 is 1.81 bits per heavy atom. The van der Waals surface area contributed by atoms with Crippen molar-refractivity contribution in [2.75, 3.05) is 15.1 Å². The lowest BCUT2D eigenvalue weighted by atomic mass is 9.57. The van der Waals surface area contributed by atoms with Crippen molar-refractivity contribution in [3.05, 3.63) is 234 Å². The number of nitrogens with zero attached hydrogens (tertiary/aromatic N) is 3. The zero-order valence-electron chi connectivity index (χ0n) is 40.2. The highest BCUT2D eigenvalue weighted by atomic mass is 15.2. The summed E-state index contributed by atoms with van der Waals surface area (Å²) in [6.07, 6.45) is 0. The number of hydrogen-bond acceptors (Lipinski definition) is 3. The third-order valence-electron chi connectivity index (χ3n) is 15.9. The number of benzene rings is 10. The van der Waals surface area contributed by atoms with Crippen LogP contribution in [-0.2, 0) is 10.8 Å². The van der Waals surface area contributed by atoms with Gasteiger partial charge in [0.05, 0.1) is 28.1 Å². The highest BCUT2D eigenvalue weighted by molar-refractivity contribution is 6.74. The zero-order valence-corrected chi connectivity index (χ0v) is 40.2. The summed E-state index contributed by atoms with van der Waals surface area (Å²) < 4.78 is 2.71. The van der Waals surface area contributed by atoms with E-state index in [1.807, 2.05) is 0 Å². The van der Waals surface area contributed by atoms with Gasteiger partial charge in [-0.15, -0.1) is 0 Å². The van der Waals surface area contributed by atoms with Crippen LogP contribution in [0.3, 0.4) is 0 Å². The van der Waals surface area contributed by atoms with E-state index in [9.17, 15) is 0 Å². The second-order valence-electron chi connectivity index (χ2n) is 20.7. The van der Waals surface area contributed by atoms with Gasteiger partial charge in [0.25, 0.3) is 0 Å². The largest absolute Gasteiger partial charge is 0.355 e. The molecule has 0 amide bonds. The van der Waals surface area contributed by atoms with Crippen LogP contribution in [-0.4, -0.2) is 11.8 Å². The van der Waals surface area contributed by atoms with Crippen LogP contribution >= 0.6 is 0 Å². The normalized spacial score (nSPS) is 14.4. The van der Waals surface area contributed by atoms with Gasteiger partial charge in [-0.25, -0.2) is 0 Å². The fourth-order valence-corrected chi connectivity index (χ4v) is 12.7. The molecule has 0 saturated carbocycles. The number of hydrogen-bond donors (Lipinski definition) is 1. The molecule has 4 nitrogen and oxygen atoms in total. The first-order chi connectivity index (χ1) is 34.2. The molecule has 5 heteroatoms. The molecule has 334 valence electrons. The van der Waals surface area contributed by atoms with E-state index in [1.165, 1.54) is 99.6 Å². The van der Waals surface area contributed by atoms with Crippen molar-refractivity contribution < 1.29 is 0 Å². The molecule has 11 aromatic rings. The third-order valence-corrected chi connectivity index (χ3v) is 15.9. The van der Waals surface area contributed by atoms with Crippen molar-refractivity contribution in [3.8, 4) is 16.8 Å². The molecule has 3 aliphatic heterocycles. The topological polar surface area (TPSA) is 23.4 Å². The second kappa shape index (κ2) is 14.9. The monoisotopic (exact) mass is 898 g/mol. The number of nitrogens with one attached hydrogen (secondary N) is 1. The van der Waals surface area contributed by atoms with Gasteiger partial charge in [0.1, 0.15) is 0 Å². The maximum Gasteiger partial charge on any atom is 0.198 e. The van der Waals surface area contributed by atoms with Gasteiger partial charge in [0, 0.05) is 61.3 Å². The summed E-state index contributed by atoms with van der Waals surface area (Å²) in [7, 11) is 0.798. The Morgan fingerprint density at radius 2 is 1.11 bits per heavy atom. The summed E-state index contributed by atoms with van der Waals surface area (Å²) in [6, 6.07) is 76.8. The average molecular weight is 899 g/mol. The Morgan fingerprint density at radius 1 is 0.486 bits per heavy atom. The number of aromatic nitrogens is 1. The van der Waals surface area contributed by atoms with Crippen molar-refractivity contribution >= 4 is 96.3 Å². The molecule has 0 fully saturated rings. The molecular weight excluding hydrogens is 848 g/mol. The summed E-state index contributed by atoms with van der Waals surface area (Å²) in [5.41, 5.74) is 24.2. The van der Waals surface area contributed by atoms with Crippen molar-refractivity contribution in [2.24, 2.45) is 0 Å². The molecule has 10 aromatic carbocycles. The minimum Gasteiger partial charge on any atom is -0.355 e. The van der Waals surface area contributed by atoms with Gasteiger partial charge in [-0.1, -0.05) is 166 Å². The lowest BCUT2D eigenvalue weighted by Gasteiger charge is -2.42. The molecule has 4 heterocycles. The first kappa shape index (κ1) is 40.8. The van der Waals surface area contributed by atoms with E-state index in [1.54, 1.807) is 0 Å². The predicted octanol–water partition coefficient (Wildman–Crippen LogP) is 15.6. The minimum absolute atomic E-state index is 0.215. The molecular formula is C65H51BN4. The van der Waals surface area contributed by atoms with Crippen LogP contribution in [0.15, 0.2) is 206 Å². The molecule has 70 heavy (non-hydrogen) atoms. The third kappa shape index (κ3) is 5.72. The Bertz CT molecular complexity index is 3870. The van der Waals surface area contributed by atoms with Gasteiger partial charge in [0.2, 0.25) is 0 Å². The smallest absolute Gasteiger partial charge is 0.198 e. The number of aryl methyl sites for hydroxylation is 1. The number of fused-ring (bicyclic) bond motifs is 5. The molecule has 14 rings (SSSR count). The van der Waals surface area contributed by atoms with E-state index in [-0.39, 0.29) is 10.8 Å². The van der Waals surface area contributed by atoms with E-state index < -0.39 is 0 Å². The van der Waals surface area contributed by atoms with Crippen molar-refractivity contribution in [3.63, 3.8) is 0 Å². The molecule has 0 aliphatic carbocycles. The van der Waals surface area contributed by atoms with E-state index in [4.69, 9.17) is 0 Å². The fraction of sp³-hybridized carbons (Fsp3) is 0.108. The first-order valence-electron chi connectivity index (χ1n) is 24.7. The van der Waals surface area contributed by atoms with Gasteiger partial charge in [-0.05, 0) is 130 Å². The fourth-order valence-electron chi connectivity index (χ4n) is 12.7. The van der Waals surface area contributed by atoms with Crippen LogP contribution in [0.1, 0.15) is 55.5 Å². The van der Waals surface area contributed by atoms with Crippen LogP contribution < -0.4 is 26.0 Å². The number of anilines is 8. The average Bonchev–Trinajstić information content (AvgIpc) is 3.73. The maximum atomic E-state index is 3.97. The van der Waals surface area contributed by atoms with Gasteiger partial charge in [-0.2, -0.15) is 0 Å². The zero-order chi connectivity index (χ0) is 47.0. The molecule has 3 aliphatic rings.